The number of aromatic nitrogens is 2. The lowest BCUT2D eigenvalue weighted by Gasteiger charge is -2.31. The molecule has 0 aliphatic carbocycles. The number of nitrogens with one attached hydrogen (secondary N) is 1. The van der Waals surface area contributed by atoms with Crippen molar-refractivity contribution in [2.75, 3.05) is 26.2 Å². The Morgan fingerprint density at radius 3 is 2.97 bits per heavy atom. The summed E-state index contributed by atoms with van der Waals surface area (Å²) < 4.78 is 7.79. The number of hydrogen-bond donors (Lipinski definition) is 2. The zero-order valence-electron chi connectivity index (χ0n) is 18.1. The van der Waals surface area contributed by atoms with Gasteiger partial charge in [0.1, 0.15) is 18.0 Å². The van der Waals surface area contributed by atoms with Crippen LogP contribution in [0.5, 0.6) is 5.75 Å². The zero-order valence-corrected chi connectivity index (χ0v) is 18.1. The van der Waals surface area contributed by atoms with Crippen LogP contribution < -0.4 is 15.8 Å². The van der Waals surface area contributed by atoms with Crippen molar-refractivity contribution in [3.8, 4) is 5.75 Å². The Balaban J connectivity index is 1.23. The highest BCUT2D eigenvalue weighted by Crippen LogP contribution is 2.17. The number of amides is 2. The van der Waals surface area contributed by atoms with Gasteiger partial charge in [0.25, 0.3) is 5.91 Å². The summed E-state index contributed by atoms with van der Waals surface area (Å²) in [5.41, 5.74) is 7.69. The van der Waals surface area contributed by atoms with E-state index in [0.717, 1.165) is 50.2 Å². The lowest BCUT2D eigenvalue weighted by molar-refractivity contribution is -0.123. The molecule has 1 fully saturated rings. The van der Waals surface area contributed by atoms with Crippen molar-refractivity contribution in [1.29, 1.82) is 0 Å². The molecule has 1 atom stereocenters. The van der Waals surface area contributed by atoms with E-state index in [-0.39, 0.29) is 17.7 Å². The number of pyridine rings is 1. The molecular weight excluding hydrogens is 406 g/mol. The minimum absolute atomic E-state index is 0.0540. The first-order chi connectivity index (χ1) is 15.6. The number of fused-ring (bicyclic) bond motifs is 1. The standard InChI is InChI=1S/C24H29N5O3/c25-23(30)19-7-4-11-28(15-19)12-5-10-26-24(31)18-6-3-8-21(14-18)32-17-20-16-29-13-2-1-9-22(29)27-20/h1-3,6,8-9,13-14,16,19H,4-5,7,10-12,15,17H2,(H2,25,30)(H,26,31). The molecule has 1 saturated heterocycles. The smallest absolute Gasteiger partial charge is 0.251 e. The van der Waals surface area contributed by atoms with Gasteiger partial charge in [-0.2, -0.15) is 0 Å². The number of likely N-dealkylation sites (tertiary alicyclic amines) is 1. The SMILES string of the molecule is NC(=O)C1CCCN(CCCNC(=O)c2cccc(OCc3cn4ccccc4n3)c2)C1. The second-order valence-electron chi connectivity index (χ2n) is 8.17. The quantitative estimate of drug-likeness (QED) is 0.502. The van der Waals surface area contributed by atoms with Gasteiger partial charge in [-0.1, -0.05) is 12.1 Å². The fourth-order valence-corrected chi connectivity index (χ4v) is 4.04. The van der Waals surface area contributed by atoms with Crippen molar-refractivity contribution in [2.24, 2.45) is 11.7 Å². The number of nitrogens with two attached hydrogens (primary N) is 1. The largest absolute Gasteiger partial charge is 0.487 e. The van der Waals surface area contributed by atoms with Crippen LogP contribution >= 0.6 is 0 Å². The third-order valence-corrected chi connectivity index (χ3v) is 5.74. The lowest BCUT2D eigenvalue weighted by Crippen LogP contribution is -2.42. The molecule has 3 heterocycles. The van der Waals surface area contributed by atoms with Crippen LogP contribution in [0.2, 0.25) is 0 Å². The first-order valence-electron chi connectivity index (χ1n) is 11.0. The number of nitrogens with zero attached hydrogens (tertiary/aromatic N) is 3. The molecule has 8 nitrogen and oxygen atoms in total. The highest BCUT2D eigenvalue weighted by molar-refractivity contribution is 5.94. The van der Waals surface area contributed by atoms with Gasteiger partial charge in [0, 0.05) is 31.0 Å². The summed E-state index contributed by atoms with van der Waals surface area (Å²) in [6, 6.07) is 13.0. The Kier molecular flexibility index (Phi) is 7.01. The van der Waals surface area contributed by atoms with Gasteiger partial charge in [-0.3, -0.25) is 9.59 Å². The van der Waals surface area contributed by atoms with E-state index in [4.69, 9.17) is 10.5 Å². The van der Waals surface area contributed by atoms with Crippen molar-refractivity contribution in [1.82, 2.24) is 19.6 Å². The van der Waals surface area contributed by atoms with E-state index in [9.17, 15) is 9.59 Å². The van der Waals surface area contributed by atoms with Gasteiger partial charge in [-0.25, -0.2) is 4.98 Å². The molecule has 168 valence electrons. The highest BCUT2D eigenvalue weighted by Gasteiger charge is 2.23. The number of primary amides is 1. The van der Waals surface area contributed by atoms with Crippen molar-refractivity contribution in [2.45, 2.75) is 25.9 Å². The van der Waals surface area contributed by atoms with Gasteiger partial charge >= 0.3 is 0 Å². The summed E-state index contributed by atoms with van der Waals surface area (Å²) >= 11 is 0. The third kappa shape index (κ3) is 5.64. The predicted molar refractivity (Wildman–Crippen MR) is 121 cm³/mol. The minimum Gasteiger partial charge on any atom is -0.487 e. The summed E-state index contributed by atoms with van der Waals surface area (Å²) in [6.45, 7) is 3.43. The van der Waals surface area contributed by atoms with Crippen molar-refractivity contribution in [3.05, 3.63) is 66.1 Å². The molecule has 3 N–H and O–H groups in total. The van der Waals surface area contributed by atoms with Crippen LogP contribution in [0.4, 0.5) is 0 Å². The van der Waals surface area contributed by atoms with Crippen LogP contribution in [0.3, 0.4) is 0 Å². The fraction of sp³-hybridized carbons (Fsp3) is 0.375. The van der Waals surface area contributed by atoms with E-state index in [1.54, 1.807) is 12.1 Å². The highest BCUT2D eigenvalue weighted by atomic mass is 16.5. The molecular formula is C24H29N5O3. The molecule has 2 aromatic heterocycles. The molecule has 1 aliphatic heterocycles. The second kappa shape index (κ2) is 10.3. The molecule has 0 spiro atoms. The molecule has 3 aromatic rings. The summed E-state index contributed by atoms with van der Waals surface area (Å²) in [6.07, 6.45) is 6.55. The number of hydrogen-bond acceptors (Lipinski definition) is 5. The summed E-state index contributed by atoms with van der Waals surface area (Å²) in [7, 11) is 0. The zero-order chi connectivity index (χ0) is 22.3. The van der Waals surface area contributed by atoms with Crippen molar-refractivity contribution >= 4 is 17.5 Å². The van der Waals surface area contributed by atoms with E-state index in [1.807, 2.05) is 47.1 Å². The van der Waals surface area contributed by atoms with Crippen molar-refractivity contribution in [3.63, 3.8) is 0 Å². The summed E-state index contributed by atoms with van der Waals surface area (Å²) in [4.78, 5) is 30.7. The maximum Gasteiger partial charge on any atom is 0.251 e. The summed E-state index contributed by atoms with van der Waals surface area (Å²) in [5.74, 6) is 0.227. The van der Waals surface area contributed by atoms with E-state index in [1.165, 1.54) is 0 Å². The van der Waals surface area contributed by atoms with E-state index in [2.05, 4.69) is 15.2 Å². The number of piperidine rings is 1. The Bertz CT molecular complexity index is 1050. The molecule has 2 amide bonds. The molecule has 1 aromatic carbocycles. The topological polar surface area (TPSA) is 102 Å². The van der Waals surface area contributed by atoms with E-state index >= 15 is 0 Å². The van der Waals surface area contributed by atoms with Crippen LogP contribution in [0.1, 0.15) is 35.3 Å². The molecule has 1 aliphatic rings. The number of rotatable bonds is 9. The monoisotopic (exact) mass is 435 g/mol. The lowest BCUT2D eigenvalue weighted by atomic mass is 9.97. The van der Waals surface area contributed by atoms with Crippen LogP contribution in [0, 0.1) is 5.92 Å². The van der Waals surface area contributed by atoms with Gasteiger partial charge in [0.05, 0.1) is 11.6 Å². The molecule has 0 saturated carbocycles. The number of imidazole rings is 1. The molecule has 0 radical (unpaired) electrons. The molecule has 4 rings (SSSR count). The Labute approximate surface area is 187 Å². The maximum absolute atomic E-state index is 12.5. The minimum atomic E-state index is -0.216. The Morgan fingerprint density at radius 2 is 2.12 bits per heavy atom. The van der Waals surface area contributed by atoms with Crippen LogP contribution in [0.25, 0.3) is 5.65 Å². The molecule has 32 heavy (non-hydrogen) atoms. The average molecular weight is 436 g/mol. The van der Waals surface area contributed by atoms with Gasteiger partial charge in [-0.05, 0) is 62.7 Å². The molecule has 8 heteroatoms. The fourth-order valence-electron chi connectivity index (χ4n) is 4.04. The normalized spacial score (nSPS) is 16.7. The van der Waals surface area contributed by atoms with E-state index < -0.39 is 0 Å². The molecule has 0 bridgehead atoms. The average Bonchev–Trinajstić information content (AvgIpc) is 3.24. The first kappa shape index (κ1) is 21.8. The number of carbonyl (C=O) groups is 2. The van der Waals surface area contributed by atoms with E-state index in [0.29, 0.717) is 24.5 Å². The number of ether oxygens (including phenoxy) is 1. The molecule has 1 unspecified atom stereocenters. The maximum atomic E-state index is 12.5. The number of benzene rings is 1. The van der Waals surface area contributed by atoms with Gasteiger partial charge in [-0.15, -0.1) is 0 Å². The van der Waals surface area contributed by atoms with Crippen LogP contribution in [-0.2, 0) is 11.4 Å². The van der Waals surface area contributed by atoms with Gasteiger partial charge < -0.3 is 25.1 Å². The van der Waals surface area contributed by atoms with Crippen LogP contribution in [0.15, 0.2) is 54.9 Å². The Morgan fingerprint density at radius 1 is 1.22 bits per heavy atom. The first-order valence-corrected chi connectivity index (χ1v) is 11.0. The third-order valence-electron chi connectivity index (χ3n) is 5.74. The second-order valence-corrected chi connectivity index (χ2v) is 8.17. The number of carbonyl (C=O) groups excluding carboxylic acids is 2. The predicted octanol–water partition coefficient (Wildman–Crippen LogP) is 2.23. The Hall–Kier alpha value is -3.39. The van der Waals surface area contributed by atoms with Gasteiger partial charge in [0.15, 0.2) is 0 Å². The summed E-state index contributed by atoms with van der Waals surface area (Å²) in [5, 5.41) is 2.96. The van der Waals surface area contributed by atoms with Crippen LogP contribution in [-0.4, -0.2) is 52.3 Å². The van der Waals surface area contributed by atoms with Crippen molar-refractivity contribution < 1.29 is 14.3 Å². The van der Waals surface area contributed by atoms with Gasteiger partial charge in [0.2, 0.25) is 5.91 Å².